The van der Waals surface area contributed by atoms with Crippen LogP contribution in [0, 0.1) is 17.0 Å². The van der Waals surface area contributed by atoms with Crippen LogP contribution >= 0.6 is 22.9 Å². The molecule has 0 radical (unpaired) electrons. The van der Waals surface area contributed by atoms with Gasteiger partial charge in [0.1, 0.15) is 0 Å². The first kappa shape index (κ1) is 19.9. The quantitative estimate of drug-likeness (QED) is 0.307. The topological polar surface area (TPSA) is 89.2 Å². The minimum absolute atomic E-state index is 0.148. The van der Waals surface area contributed by atoms with Crippen molar-refractivity contribution in [2.45, 2.75) is 13.5 Å². The third kappa shape index (κ3) is 4.00. The first-order valence-corrected chi connectivity index (χ1v) is 10.1. The molecule has 0 spiro atoms. The van der Waals surface area contributed by atoms with Crippen molar-refractivity contribution in [2.75, 3.05) is 4.90 Å². The van der Waals surface area contributed by atoms with E-state index < -0.39 is 10.8 Å². The van der Waals surface area contributed by atoms with E-state index in [1.54, 1.807) is 18.3 Å². The van der Waals surface area contributed by atoms with Crippen molar-refractivity contribution in [3.63, 3.8) is 0 Å². The number of pyridine rings is 1. The van der Waals surface area contributed by atoms with Crippen LogP contribution in [-0.4, -0.2) is 20.8 Å². The van der Waals surface area contributed by atoms with Crippen molar-refractivity contribution >= 4 is 49.9 Å². The van der Waals surface area contributed by atoms with Gasteiger partial charge in [0.15, 0.2) is 5.13 Å². The molecule has 0 aliphatic carbocycles. The summed E-state index contributed by atoms with van der Waals surface area (Å²) in [6.07, 6.45) is 1.65. The summed E-state index contributed by atoms with van der Waals surface area (Å²) in [5.41, 5.74) is 2.39. The Morgan fingerprint density at radius 1 is 1.20 bits per heavy atom. The van der Waals surface area contributed by atoms with Gasteiger partial charge in [-0.05, 0) is 42.8 Å². The van der Waals surface area contributed by atoms with Crippen molar-refractivity contribution in [1.29, 1.82) is 0 Å². The first-order chi connectivity index (χ1) is 14.4. The normalized spacial score (nSPS) is 10.9. The molecular formula is C21H15ClN4O3S. The zero-order valence-electron chi connectivity index (χ0n) is 15.8. The molecule has 0 unspecified atom stereocenters. The molecule has 0 bridgehead atoms. The van der Waals surface area contributed by atoms with Gasteiger partial charge in [0.2, 0.25) is 0 Å². The Bertz CT molecular complexity index is 1260. The molecule has 0 N–H and O–H groups in total. The second-order valence-electron chi connectivity index (χ2n) is 6.59. The molecule has 2 aromatic heterocycles. The minimum atomic E-state index is -0.525. The van der Waals surface area contributed by atoms with E-state index in [-0.39, 0.29) is 17.8 Å². The van der Waals surface area contributed by atoms with Gasteiger partial charge in [-0.25, -0.2) is 4.98 Å². The van der Waals surface area contributed by atoms with E-state index in [4.69, 9.17) is 11.6 Å². The predicted octanol–water partition coefficient (Wildman–Crippen LogP) is 5.41. The van der Waals surface area contributed by atoms with Gasteiger partial charge in [0, 0.05) is 28.9 Å². The Labute approximate surface area is 180 Å². The minimum Gasteiger partial charge on any atom is -0.278 e. The molecule has 9 heteroatoms. The van der Waals surface area contributed by atoms with Crippen molar-refractivity contribution in [3.8, 4) is 0 Å². The molecular weight excluding hydrogens is 424 g/mol. The Balaban J connectivity index is 1.80. The number of rotatable bonds is 5. The molecule has 0 saturated heterocycles. The van der Waals surface area contributed by atoms with Crippen LogP contribution in [0.4, 0.5) is 10.8 Å². The third-order valence-electron chi connectivity index (χ3n) is 4.47. The molecule has 0 aliphatic heterocycles. The number of fused-ring (bicyclic) bond motifs is 1. The number of nitrogens with zero attached hydrogens (tertiary/aromatic N) is 4. The number of nitro groups is 1. The summed E-state index contributed by atoms with van der Waals surface area (Å²) in [6.45, 7) is 2.08. The van der Waals surface area contributed by atoms with E-state index in [9.17, 15) is 14.9 Å². The molecule has 2 aromatic carbocycles. The maximum Gasteiger partial charge on any atom is 0.270 e. The third-order valence-corrected chi connectivity index (χ3v) is 5.71. The highest BCUT2D eigenvalue weighted by Crippen LogP contribution is 2.34. The van der Waals surface area contributed by atoms with Gasteiger partial charge in [0.05, 0.1) is 27.4 Å². The molecule has 2 heterocycles. The molecule has 0 aliphatic rings. The zero-order valence-corrected chi connectivity index (χ0v) is 17.4. The number of aryl methyl sites for hydroxylation is 1. The molecule has 0 fully saturated rings. The first-order valence-electron chi connectivity index (χ1n) is 8.95. The van der Waals surface area contributed by atoms with E-state index in [1.807, 2.05) is 31.2 Å². The number of aromatic nitrogens is 2. The number of benzene rings is 2. The summed E-state index contributed by atoms with van der Waals surface area (Å²) in [5.74, 6) is -0.396. The lowest BCUT2D eigenvalue weighted by Crippen LogP contribution is -2.30. The molecule has 4 rings (SSSR count). The average Bonchev–Trinajstić information content (AvgIpc) is 3.16. The van der Waals surface area contributed by atoms with Crippen molar-refractivity contribution < 1.29 is 9.72 Å². The maximum absolute atomic E-state index is 13.4. The number of carbonyl (C=O) groups excluding carboxylic acids is 1. The molecule has 0 atom stereocenters. The lowest BCUT2D eigenvalue weighted by Gasteiger charge is -2.19. The number of nitro benzene ring substituents is 1. The van der Waals surface area contributed by atoms with Gasteiger partial charge < -0.3 is 0 Å². The smallest absolute Gasteiger partial charge is 0.270 e. The molecule has 4 aromatic rings. The van der Waals surface area contributed by atoms with E-state index in [1.165, 1.54) is 34.4 Å². The monoisotopic (exact) mass is 438 g/mol. The highest BCUT2D eigenvalue weighted by Gasteiger charge is 2.24. The van der Waals surface area contributed by atoms with Gasteiger partial charge in [0.25, 0.3) is 11.6 Å². The Morgan fingerprint density at radius 3 is 2.77 bits per heavy atom. The summed E-state index contributed by atoms with van der Waals surface area (Å²) in [6, 6.07) is 14.7. The van der Waals surface area contributed by atoms with Gasteiger partial charge in [-0.3, -0.25) is 24.8 Å². The maximum atomic E-state index is 13.4. The summed E-state index contributed by atoms with van der Waals surface area (Å²) in [7, 11) is 0. The second-order valence-corrected chi connectivity index (χ2v) is 8.03. The predicted molar refractivity (Wildman–Crippen MR) is 117 cm³/mol. The van der Waals surface area contributed by atoms with Crippen LogP contribution in [0.1, 0.15) is 21.6 Å². The lowest BCUT2D eigenvalue weighted by atomic mass is 10.1. The van der Waals surface area contributed by atoms with Gasteiger partial charge >= 0.3 is 0 Å². The van der Waals surface area contributed by atoms with Crippen molar-refractivity contribution in [3.05, 3.63) is 92.8 Å². The number of halogens is 1. The van der Waals surface area contributed by atoms with Crippen molar-refractivity contribution in [1.82, 2.24) is 9.97 Å². The molecule has 1 amide bonds. The number of thiazole rings is 1. The number of anilines is 1. The second kappa shape index (κ2) is 8.17. The summed E-state index contributed by atoms with van der Waals surface area (Å²) in [5, 5.41) is 12.2. The largest absolute Gasteiger partial charge is 0.278 e. The fourth-order valence-corrected chi connectivity index (χ4v) is 4.46. The Morgan fingerprint density at radius 2 is 2.03 bits per heavy atom. The van der Waals surface area contributed by atoms with E-state index in [0.717, 1.165) is 15.8 Å². The summed E-state index contributed by atoms with van der Waals surface area (Å²) in [4.78, 5) is 34.4. The van der Waals surface area contributed by atoms with Crippen LogP contribution in [0.25, 0.3) is 10.2 Å². The summed E-state index contributed by atoms with van der Waals surface area (Å²) < 4.78 is 0.855. The number of amides is 1. The highest BCUT2D eigenvalue weighted by atomic mass is 35.5. The fourth-order valence-electron chi connectivity index (χ4n) is 3.05. The van der Waals surface area contributed by atoms with Crippen LogP contribution in [-0.2, 0) is 6.54 Å². The fraction of sp³-hybridized carbons (Fsp3) is 0.0952. The van der Waals surface area contributed by atoms with Crippen LogP contribution < -0.4 is 4.90 Å². The SMILES string of the molecule is Cc1cc(Cl)cc2sc(N(Cc3ccccn3)C(=O)c3cccc([N+](=O)[O-])c3)nc12. The highest BCUT2D eigenvalue weighted by molar-refractivity contribution is 7.22. The standard InChI is InChI=1S/C21H15ClN4O3S/c1-13-9-15(22)11-18-19(13)24-21(30-18)25(12-16-6-2-3-8-23-16)20(27)14-5-4-7-17(10-14)26(28)29/h2-11H,12H2,1H3. The van der Waals surface area contributed by atoms with Gasteiger partial charge in [-0.1, -0.05) is 35.1 Å². The molecule has 150 valence electrons. The lowest BCUT2D eigenvalue weighted by molar-refractivity contribution is -0.384. The van der Waals surface area contributed by atoms with Gasteiger partial charge in [-0.2, -0.15) is 0 Å². The number of carbonyl (C=O) groups is 1. The average molecular weight is 439 g/mol. The van der Waals surface area contributed by atoms with E-state index in [2.05, 4.69) is 9.97 Å². The Hall–Kier alpha value is -3.36. The molecule has 7 nitrogen and oxygen atoms in total. The van der Waals surface area contributed by atoms with Crippen LogP contribution in [0.3, 0.4) is 0 Å². The van der Waals surface area contributed by atoms with Crippen LogP contribution in [0.15, 0.2) is 60.8 Å². The number of hydrogen-bond acceptors (Lipinski definition) is 6. The summed E-state index contributed by atoms with van der Waals surface area (Å²) >= 11 is 7.51. The number of hydrogen-bond donors (Lipinski definition) is 0. The molecule has 30 heavy (non-hydrogen) atoms. The van der Waals surface area contributed by atoms with Crippen molar-refractivity contribution in [2.24, 2.45) is 0 Å². The zero-order chi connectivity index (χ0) is 21.3. The van der Waals surface area contributed by atoms with Crippen LogP contribution in [0.5, 0.6) is 0 Å². The Kier molecular flexibility index (Phi) is 5.43. The van der Waals surface area contributed by atoms with Crippen LogP contribution in [0.2, 0.25) is 5.02 Å². The number of non-ortho nitro benzene ring substituents is 1. The van der Waals surface area contributed by atoms with Gasteiger partial charge in [-0.15, -0.1) is 0 Å². The van der Waals surface area contributed by atoms with E-state index in [0.29, 0.717) is 15.8 Å². The van der Waals surface area contributed by atoms with E-state index >= 15 is 0 Å². The molecule has 0 saturated carbocycles.